The highest BCUT2D eigenvalue weighted by Gasteiger charge is 2.20. The fourth-order valence-corrected chi connectivity index (χ4v) is 3.58. The number of ether oxygens (including phenoxy) is 1. The van der Waals surface area contributed by atoms with Gasteiger partial charge in [-0.15, -0.1) is 0 Å². The van der Waals surface area contributed by atoms with Crippen molar-refractivity contribution in [1.82, 2.24) is 19.3 Å². The zero-order chi connectivity index (χ0) is 21.3. The molecule has 3 aromatic rings. The van der Waals surface area contributed by atoms with E-state index in [-0.39, 0.29) is 23.1 Å². The van der Waals surface area contributed by atoms with Gasteiger partial charge in [-0.3, -0.25) is 4.79 Å². The molecular formula is C21H23ClN4O3. The molecule has 0 saturated heterocycles. The van der Waals surface area contributed by atoms with Crippen molar-refractivity contribution in [2.45, 2.75) is 41.2 Å². The van der Waals surface area contributed by atoms with Crippen LogP contribution in [0, 0.1) is 27.7 Å². The van der Waals surface area contributed by atoms with Crippen molar-refractivity contribution in [1.29, 1.82) is 0 Å². The molecule has 3 aromatic heterocycles. The number of hydrogen-bond acceptors (Lipinski definition) is 5. The molecule has 3 rings (SSSR count). The summed E-state index contributed by atoms with van der Waals surface area (Å²) in [6, 6.07) is 6.94. The van der Waals surface area contributed by atoms with E-state index in [0.29, 0.717) is 11.4 Å². The Morgan fingerprint density at radius 3 is 2.41 bits per heavy atom. The van der Waals surface area contributed by atoms with Crippen LogP contribution in [0.5, 0.6) is 0 Å². The predicted molar refractivity (Wildman–Crippen MR) is 110 cm³/mol. The van der Waals surface area contributed by atoms with E-state index < -0.39 is 5.97 Å². The van der Waals surface area contributed by atoms with Crippen molar-refractivity contribution in [3.8, 4) is 5.82 Å². The maximum absolute atomic E-state index is 12.5. The molecule has 0 saturated carbocycles. The van der Waals surface area contributed by atoms with Gasteiger partial charge in [0, 0.05) is 29.2 Å². The van der Waals surface area contributed by atoms with Gasteiger partial charge in [0.15, 0.2) is 18.1 Å². The summed E-state index contributed by atoms with van der Waals surface area (Å²) < 4.78 is 8.87. The number of nitrogens with zero attached hydrogens (tertiary/aromatic N) is 4. The van der Waals surface area contributed by atoms with Crippen molar-refractivity contribution in [3.63, 3.8) is 0 Å². The van der Waals surface area contributed by atoms with Crippen LogP contribution in [-0.2, 0) is 11.3 Å². The second-order valence-electron chi connectivity index (χ2n) is 6.87. The minimum absolute atomic E-state index is 0.0523. The molecule has 0 N–H and O–H groups in total. The summed E-state index contributed by atoms with van der Waals surface area (Å²) in [7, 11) is 0. The number of hydrogen-bond donors (Lipinski definition) is 0. The van der Waals surface area contributed by atoms with Gasteiger partial charge >= 0.3 is 5.97 Å². The van der Waals surface area contributed by atoms with E-state index in [4.69, 9.17) is 16.3 Å². The van der Waals surface area contributed by atoms with E-state index in [1.807, 2.05) is 51.3 Å². The van der Waals surface area contributed by atoms with Crippen molar-refractivity contribution < 1.29 is 14.3 Å². The molecule has 29 heavy (non-hydrogen) atoms. The minimum Gasteiger partial charge on any atom is -0.453 e. The molecule has 0 aliphatic heterocycles. The number of ketones is 1. The molecule has 0 amide bonds. The smallest absolute Gasteiger partial charge is 0.359 e. The summed E-state index contributed by atoms with van der Waals surface area (Å²) in [5.41, 5.74) is 4.05. The lowest BCUT2D eigenvalue weighted by Gasteiger charge is -2.09. The third-order valence-electron chi connectivity index (χ3n) is 4.78. The summed E-state index contributed by atoms with van der Waals surface area (Å²) in [5, 5.41) is 4.51. The van der Waals surface area contributed by atoms with Crippen LogP contribution in [0.4, 0.5) is 0 Å². The first kappa shape index (κ1) is 20.8. The Labute approximate surface area is 174 Å². The summed E-state index contributed by atoms with van der Waals surface area (Å²) in [4.78, 5) is 29.4. The van der Waals surface area contributed by atoms with E-state index in [9.17, 15) is 9.59 Å². The van der Waals surface area contributed by atoms with Gasteiger partial charge < -0.3 is 9.30 Å². The molecule has 0 aromatic carbocycles. The number of carbonyl (C=O) groups excluding carboxylic acids is 2. The second kappa shape index (κ2) is 8.21. The molecule has 0 atom stereocenters. The maximum Gasteiger partial charge on any atom is 0.359 e. The highest BCUT2D eigenvalue weighted by Crippen LogP contribution is 2.20. The average molecular weight is 415 g/mol. The molecule has 0 bridgehead atoms. The second-order valence-corrected chi connectivity index (χ2v) is 7.27. The quantitative estimate of drug-likeness (QED) is 0.449. The molecule has 152 valence electrons. The summed E-state index contributed by atoms with van der Waals surface area (Å²) in [5.74, 6) is -0.572. The number of aromatic nitrogens is 4. The lowest BCUT2D eigenvalue weighted by atomic mass is 10.1. The van der Waals surface area contributed by atoms with Gasteiger partial charge in [0.1, 0.15) is 0 Å². The lowest BCUT2D eigenvalue weighted by molar-refractivity contribution is 0.0469. The average Bonchev–Trinajstić information content (AvgIpc) is 3.17. The van der Waals surface area contributed by atoms with Crippen LogP contribution < -0.4 is 0 Å². The predicted octanol–water partition coefficient (Wildman–Crippen LogP) is 4.02. The Balaban J connectivity index is 1.78. The maximum atomic E-state index is 12.5. The largest absolute Gasteiger partial charge is 0.453 e. The van der Waals surface area contributed by atoms with E-state index in [0.717, 1.165) is 29.3 Å². The normalized spacial score (nSPS) is 11.0. The number of pyridine rings is 1. The number of aryl methyl sites for hydroxylation is 3. The fraction of sp³-hybridized carbons (Fsp3) is 0.333. The van der Waals surface area contributed by atoms with Crippen LogP contribution in [-0.4, -0.2) is 37.7 Å². The molecule has 3 heterocycles. The number of rotatable bonds is 6. The Kier molecular flexibility index (Phi) is 5.88. The number of carbonyl (C=O) groups is 2. The van der Waals surface area contributed by atoms with Crippen molar-refractivity contribution in [2.75, 3.05) is 6.61 Å². The Morgan fingerprint density at radius 1 is 1.10 bits per heavy atom. The first-order valence-electron chi connectivity index (χ1n) is 9.30. The van der Waals surface area contributed by atoms with E-state index >= 15 is 0 Å². The highest BCUT2D eigenvalue weighted by atomic mass is 35.5. The van der Waals surface area contributed by atoms with Crippen LogP contribution in [0.1, 0.15) is 50.5 Å². The first-order valence-corrected chi connectivity index (χ1v) is 9.68. The van der Waals surface area contributed by atoms with Gasteiger partial charge in [-0.05, 0) is 58.9 Å². The number of Topliss-reactive ketones (excluding diaryl/α,β-unsaturated/α-hetero) is 1. The molecule has 0 aliphatic rings. The molecular weight excluding hydrogens is 392 g/mol. The van der Waals surface area contributed by atoms with E-state index in [2.05, 4.69) is 10.1 Å². The van der Waals surface area contributed by atoms with Gasteiger partial charge in [-0.1, -0.05) is 11.6 Å². The molecule has 0 fully saturated rings. The standard InChI is InChI=1S/C21H23ClN4O3/c1-6-25-13(3)10-16(15(25)5)18(27)11-29-21(28)20-17(22)7-8-19(23-20)26-14(4)9-12(2)24-26/h7-10H,6,11H2,1-5H3. The van der Waals surface area contributed by atoms with Gasteiger partial charge in [-0.25, -0.2) is 14.5 Å². The first-order chi connectivity index (χ1) is 13.7. The SMILES string of the molecule is CCn1c(C)cc(C(=O)COC(=O)c2nc(-n3nc(C)cc3C)ccc2Cl)c1C. The van der Waals surface area contributed by atoms with Crippen LogP contribution in [0.25, 0.3) is 5.82 Å². The minimum atomic E-state index is -0.754. The Bertz CT molecular complexity index is 1100. The molecule has 0 radical (unpaired) electrons. The fourth-order valence-electron chi connectivity index (χ4n) is 3.40. The van der Waals surface area contributed by atoms with Crippen molar-refractivity contribution in [3.05, 3.63) is 63.3 Å². The van der Waals surface area contributed by atoms with Crippen molar-refractivity contribution in [2.24, 2.45) is 0 Å². The number of halogens is 1. The van der Waals surface area contributed by atoms with Crippen LogP contribution >= 0.6 is 11.6 Å². The molecule has 7 nitrogen and oxygen atoms in total. The molecule has 8 heteroatoms. The van der Waals surface area contributed by atoms with Crippen LogP contribution in [0.3, 0.4) is 0 Å². The van der Waals surface area contributed by atoms with Crippen LogP contribution in [0.15, 0.2) is 24.3 Å². The van der Waals surface area contributed by atoms with Gasteiger partial charge in [-0.2, -0.15) is 5.10 Å². The van der Waals surface area contributed by atoms with Gasteiger partial charge in [0.2, 0.25) is 5.78 Å². The Morgan fingerprint density at radius 2 is 1.83 bits per heavy atom. The van der Waals surface area contributed by atoms with Gasteiger partial charge in [0.25, 0.3) is 0 Å². The topological polar surface area (TPSA) is 79.0 Å². The molecule has 0 spiro atoms. The molecule has 0 unspecified atom stereocenters. The highest BCUT2D eigenvalue weighted by molar-refractivity contribution is 6.33. The zero-order valence-corrected chi connectivity index (χ0v) is 17.9. The molecule has 0 aliphatic carbocycles. The van der Waals surface area contributed by atoms with E-state index in [1.54, 1.807) is 16.8 Å². The summed E-state index contributed by atoms with van der Waals surface area (Å²) in [6.07, 6.45) is 0. The van der Waals surface area contributed by atoms with Crippen molar-refractivity contribution >= 4 is 23.4 Å². The summed E-state index contributed by atoms with van der Waals surface area (Å²) >= 11 is 6.14. The number of esters is 1. The van der Waals surface area contributed by atoms with Crippen LogP contribution in [0.2, 0.25) is 5.02 Å². The summed E-state index contributed by atoms with van der Waals surface area (Å²) in [6.45, 7) is 9.97. The zero-order valence-electron chi connectivity index (χ0n) is 17.1. The third kappa shape index (κ3) is 4.10. The third-order valence-corrected chi connectivity index (χ3v) is 5.08. The monoisotopic (exact) mass is 414 g/mol. The lowest BCUT2D eigenvalue weighted by Crippen LogP contribution is -2.17. The van der Waals surface area contributed by atoms with E-state index in [1.165, 1.54) is 0 Å². The van der Waals surface area contributed by atoms with Gasteiger partial charge in [0.05, 0.1) is 10.7 Å². The Hall–Kier alpha value is -2.93.